The summed E-state index contributed by atoms with van der Waals surface area (Å²) < 4.78 is 26.2. The molecule has 0 amide bonds. The van der Waals surface area contributed by atoms with Crippen molar-refractivity contribution in [2.45, 2.75) is 136 Å². The molecule has 1 atom stereocenters. The number of carbonyl (C=O) groups is 2. The molecule has 0 fully saturated rings. The van der Waals surface area contributed by atoms with Crippen molar-refractivity contribution >= 4 is 19.8 Å². The lowest BCUT2D eigenvalue weighted by atomic mass is 10.1. The van der Waals surface area contributed by atoms with E-state index in [4.69, 9.17) is 19.3 Å². The largest absolute Gasteiger partial charge is 0.469 e. The van der Waals surface area contributed by atoms with E-state index in [0.29, 0.717) is 12.8 Å². The van der Waals surface area contributed by atoms with Crippen molar-refractivity contribution in [3.05, 3.63) is 85.1 Å². The van der Waals surface area contributed by atoms with Gasteiger partial charge < -0.3 is 19.3 Å². The summed E-state index contributed by atoms with van der Waals surface area (Å²) >= 11 is 0. The van der Waals surface area contributed by atoms with Crippen molar-refractivity contribution in [3.8, 4) is 0 Å². The van der Waals surface area contributed by atoms with E-state index in [0.717, 1.165) is 89.9 Å². The van der Waals surface area contributed by atoms with Gasteiger partial charge in [-0.3, -0.25) is 14.1 Å². The molecule has 0 saturated carbocycles. The summed E-state index contributed by atoms with van der Waals surface area (Å²) in [6, 6.07) is 0. The monoisotopic (exact) mass is 690 g/mol. The Balaban J connectivity index is 4.12. The van der Waals surface area contributed by atoms with E-state index in [2.05, 4.69) is 103 Å². The molecule has 0 heterocycles. The van der Waals surface area contributed by atoms with Gasteiger partial charge in [-0.15, -0.1) is 0 Å². The van der Waals surface area contributed by atoms with Crippen LogP contribution in [-0.4, -0.2) is 41.0 Å². The van der Waals surface area contributed by atoms with Crippen molar-refractivity contribution in [2.24, 2.45) is 0 Å². The van der Waals surface area contributed by atoms with Gasteiger partial charge in [-0.2, -0.15) is 0 Å². The van der Waals surface area contributed by atoms with Crippen LogP contribution >= 0.6 is 7.82 Å². The molecular formula is C39H63O8P. The number of allylic oxidation sites excluding steroid dienone is 14. The summed E-state index contributed by atoms with van der Waals surface area (Å²) in [5.41, 5.74) is 0. The number of rotatable bonds is 31. The standard InChI is InChI=1S/C39H63O8P/c1-3-5-7-9-11-13-15-17-19-21-23-25-27-29-31-33-38(40)45-35-37(36-46-48(42,43)44)47-39(41)34-32-30-28-26-24-22-20-18-16-14-12-10-8-6-4-2/h5-8,11-14,17-20,23,25,37H,3-4,9-10,15-16,21-22,24,26-36H2,1-2H3,(H2,42,43,44)/b7-5-,8-6-,13-11-,14-12-,19-17-,20-18-,25-23-/t37-/m1/s1. The van der Waals surface area contributed by atoms with Crippen LogP contribution in [0, 0.1) is 0 Å². The Morgan fingerprint density at radius 2 is 0.938 bits per heavy atom. The van der Waals surface area contributed by atoms with Crippen molar-refractivity contribution < 1.29 is 37.9 Å². The number of carbonyl (C=O) groups excluding carboxylic acids is 2. The zero-order valence-electron chi connectivity index (χ0n) is 29.6. The molecule has 0 rings (SSSR count). The van der Waals surface area contributed by atoms with Crippen molar-refractivity contribution in [1.29, 1.82) is 0 Å². The topological polar surface area (TPSA) is 119 Å². The molecule has 0 bridgehead atoms. The van der Waals surface area contributed by atoms with E-state index in [-0.39, 0.29) is 19.4 Å². The molecule has 0 unspecified atom stereocenters. The number of phosphoric acid groups is 1. The van der Waals surface area contributed by atoms with E-state index < -0.39 is 32.5 Å². The van der Waals surface area contributed by atoms with Crippen molar-refractivity contribution in [3.63, 3.8) is 0 Å². The van der Waals surface area contributed by atoms with E-state index >= 15 is 0 Å². The summed E-state index contributed by atoms with van der Waals surface area (Å²) in [6.45, 7) is 3.37. The molecule has 8 nitrogen and oxygen atoms in total. The maximum atomic E-state index is 12.3. The highest BCUT2D eigenvalue weighted by atomic mass is 31.2. The van der Waals surface area contributed by atoms with Gasteiger partial charge in [0.1, 0.15) is 6.61 Å². The Bertz CT molecular complexity index is 1050. The predicted molar refractivity (Wildman–Crippen MR) is 197 cm³/mol. The van der Waals surface area contributed by atoms with Crippen molar-refractivity contribution in [2.75, 3.05) is 13.2 Å². The zero-order valence-corrected chi connectivity index (χ0v) is 30.5. The van der Waals surface area contributed by atoms with Gasteiger partial charge in [0.2, 0.25) is 0 Å². The van der Waals surface area contributed by atoms with Crippen LogP contribution in [0.25, 0.3) is 0 Å². The zero-order chi connectivity index (χ0) is 35.4. The van der Waals surface area contributed by atoms with Gasteiger partial charge in [-0.25, -0.2) is 4.57 Å². The van der Waals surface area contributed by atoms with Gasteiger partial charge in [-0.1, -0.05) is 118 Å². The van der Waals surface area contributed by atoms with Gasteiger partial charge in [0.15, 0.2) is 6.10 Å². The second kappa shape index (κ2) is 34.1. The second-order valence-electron chi connectivity index (χ2n) is 11.4. The third kappa shape index (κ3) is 36.1. The normalized spacial score (nSPS) is 13.5. The van der Waals surface area contributed by atoms with Gasteiger partial charge in [0, 0.05) is 12.8 Å². The molecule has 0 aliphatic rings. The highest BCUT2D eigenvalue weighted by Gasteiger charge is 2.22. The minimum absolute atomic E-state index is 0.178. The van der Waals surface area contributed by atoms with Gasteiger partial charge >= 0.3 is 19.8 Å². The molecule has 0 radical (unpaired) electrons. The molecule has 0 aromatic carbocycles. The van der Waals surface area contributed by atoms with Crippen LogP contribution in [0.15, 0.2) is 85.1 Å². The third-order valence-electron chi connectivity index (χ3n) is 6.91. The minimum atomic E-state index is -4.77. The molecule has 0 aromatic rings. The first kappa shape index (κ1) is 45.2. The van der Waals surface area contributed by atoms with Gasteiger partial charge in [0.05, 0.1) is 6.61 Å². The lowest BCUT2D eigenvalue weighted by Crippen LogP contribution is -2.29. The minimum Gasteiger partial charge on any atom is -0.462 e. The smallest absolute Gasteiger partial charge is 0.462 e. The van der Waals surface area contributed by atoms with Crippen molar-refractivity contribution in [1.82, 2.24) is 0 Å². The first-order valence-electron chi connectivity index (χ1n) is 17.9. The molecule has 272 valence electrons. The van der Waals surface area contributed by atoms with Crippen LogP contribution in [0.4, 0.5) is 0 Å². The fourth-order valence-corrected chi connectivity index (χ4v) is 4.68. The Kier molecular flexibility index (Phi) is 32.1. The van der Waals surface area contributed by atoms with Crippen LogP contribution in [-0.2, 0) is 28.2 Å². The number of unbranched alkanes of at least 4 members (excludes halogenated alkanes) is 7. The summed E-state index contributed by atoms with van der Waals surface area (Å²) in [4.78, 5) is 42.6. The molecule has 9 heteroatoms. The average Bonchev–Trinajstić information content (AvgIpc) is 3.05. The molecule has 0 spiro atoms. The molecule has 0 aliphatic heterocycles. The summed E-state index contributed by atoms with van der Waals surface area (Å²) in [7, 11) is -4.77. The first-order valence-corrected chi connectivity index (χ1v) is 19.4. The number of phosphoric ester groups is 1. The number of hydrogen-bond acceptors (Lipinski definition) is 6. The molecular weight excluding hydrogens is 627 g/mol. The Morgan fingerprint density at radius 1 is 0.542 bits per heavy atom. The maximum Gasteiger partial charge on any atom is 0.469 e. The molecule has 48 heavy (non-hydrogen) atoms. The van der Waals surface area contributed by atoms with E-state index in [9.17, 15) is 14.2 Å². The summed E-state index contributed by atoms with van der Waals surface area (Å²) in [5, 5.41) is 0. The van der Waals surface area contributed by atoms with E-state index in [1.54, 1.807) is 0 Å². The lowest BCUT2D eigenvalue weighted by Gasteiger charge is -2.18. The highest BCUT2D eigenvalue weighted by molar-refractivity contribution is 7.46. The van der Waals surface area contributed by atoms with Crippen LogP contribution in [0.1, 0.15) is 129 Å². The maximum absolute atomic E-state index is 12.3. The predicted octanol–water partition coefficient (Wildman–Crippen LogP) is 10.5. The summed E-state index contributed by atoms with van der Waals surface area (Å²) in [6.07, 6.45) is 44.5. The van der Waals surface area contributed by atoms with Crippen LogP contribution in [0.3, 0.4) is 0 Å². The average molecular weight is 691 g/mol. The fraction of sp³-hybridized carbons (Fsp3) is 0.590. The van der Waals surface area contributed by atoms with Crippen LogP contribution in [0.5, 0.6) is 0 Å². The third-order valence-corrected chi connectivity index (χ3v) is 7.39. The second-order valence-corrected chi connectivity index (χ2v) is 12.7. The van der Waals surface area contributed by atoms with Gasteiger partial charge in [0.25, 0.3) is 0 Å². The molecule has 0 aromatic heterocycles. The first-order chi connectivity index (χ1) is 23.3. The number of hydrogen-bond donors (Lipinski definition) is 2. The SMILES string of the molecule is CC/C=C\C/C=C\C/C=C\C/C=C\CCCCC(=O)OC[C@H](COP(=O)(O)O)OC(=O)CCCCCCC/C=C\C/C=C\C/C=C\CC. The Hall–Kier alpha value is -2.77. The van der Waals surface area contributed by atoms with E-state index in [1.807, 2.05) is 0 Å². The molecule has 0 aliphatic carbocycles. The Labute approximate surface area is 291 Å². The van der Waals surface area contributed by atoms with E-state index in [1.165, 1.54) is 0 Å². The summed E-state index contributed by atoms with van der Waals surface area (Å²) in [5.74, 6) is -0.965. The fourth-order valence-electron chi connectivity index (χ4n) is 4.32. The Morgan fingerprint density at radius 3 is 1.44 bits per heavy atom. The molecule has 0 saturated heterocycles. The molecule has 2 N–H and O–H groups in total. The number of ether oxygens (including phenoxy) is 2. The van der Waals surface area contributed by atoms with Crippen LogP contribution < -0.4 is 0 Å². The number of esters is 2. The quantitative estimate of drug-likeness (QED) is 0.0319. The lowest BCUT2D eigenvalue weighted by molar-refractivity contribution is -0.161. The van der Waals surface area contributed by atoms with Crippen LogP contribution in [0.2, 0.25) is 0 Å². The van der Waals surface area contributed by atoms with Gasteiger partial charge in [-0.05, 0) is 83.5 Å². The highest BCUT2D eigenvalue weighted by Crippen LogP contribution is 2.35.